The molecule has 0 aliphatic heterocycles. The summed E-state index contributed by atoms with van der Waals surface area (Å²) in [5.41, 5.74) is -0.0659. The first kappa shape index (κ1) is 17.6. The molecule has 0 bridgehead atoms. The lowest BCUT2D eigenvalue weighted by atomic mass is 10.1. The van der Waals surface area contributed by atoms with E-state index in [0.717, 1.165) is 6.07 Å². The largest absolute Gasteiger partial charge is 0.478 e. The Bertz CT molecular complexity index is 583. The highest BCUT2D eigenvalue weighted by Crippen LogP contribution is 2.14. The van der Waals surface area contributed by atoms with Crippen molar-refractivity contribution >= 4 is 16.0 Å². The molecule has 0 aliphatic rings. The fourth-order valence-corrected chi connectivity index (χ4v) is 3.09. The van der Waals surface area contributed by atoms with Gasteiger partial charge in [-0.05, 0) is 31.0 Å². The van der Waals surface area contributed by atoms with E-state index in [2.05, 4.69) is 4.72 Å². The Kier molecular flexibility index (Phi) is 6.32. The third-order valence-corrected chi connectivity index (χ3v) is 4.49. The zero-order valence-electron chi connectivity index (χ0n) is 12.4. The molecule has 0 amide bonds. The summed E-state index contributed by atoms with van der Waals surface area (Å²) in [6, 6.07) is 4.89. The Morgan fingerprint density at radius 3 is 2.57 bits per heavy atom. The number of carboxylic acids is 1. The number of sulfonamides is 1. The van der Waals surface area contributed by atoms with Gasteiger partial charge in [-0.3, -0.25) is 0 Å². The lowest BCUT2D eigenvalue weighted by Crippen LogP contribution is -2.41. The van der Waals surface area contributed by atoms with E-state index in [1.165, 1.54) is 18.2 Å². The maximum atomic E-state index is 12.3. The lowest BCUT2D eigenvalue weighted by molar-refractivity contribution is 0.0696. The molecule has 1 aromatic rings. The summed E-state index contributed by atoms with van der Waals surface area (Å²) in [6.07, 6.45) is 0. The van der Waals surface area contributed by atoms with Gasteiger partial charge >= 0.3 is 5.97 Å². The van der Waals surface area contributed by atoms with Crippen LogP contribution in [0.25, 0.3) is 0 Å². The van der Waals surface area contributed by atoms with E-state index >= 15 is 0 Å². The summed E-state index contributed by atoms with van der Waals surface area (Å²) in [6.45, 7) is 6.38. The summed E-state index contributed by atoms with van der Waals surface area (Å²) in [4.78, 5) is 10.9. The molecule has 0 saturated carbocycles. The standard InChI is InChI=1S/C14H21NO5S/c1-4-20-9-13(10(2)3)15-21(18,19)12-7-5-6-11(8-12)14(16)17/h5-8,10,13,15H,4,9H2,1-3H3,(H,16,17). The van der Waals surface area contributed by atoms with Gasteiger partial charge in [0.25, 0.3) is 0 Å². The molecule has 1 aromatic carbocycles. The number of aromatic carboxylic acids is 1. The number of hydrogen-bond acceptors (Lipinski definition) is 4. The van der Waals surface area contributed by atoms with Gasteiger partial charge in [0.05, 0.1) is 17.1 Å². The zero-order valence-corrected chi connectivity index (χ0v) is 13.2. The van der Waals surface area contributed by atoms with Crippen molar-refractivity contribution in [3.05, 3.63) is 29.8 Å². The Labute approximate surface area is 125 Å². The van der Waals surface area contributed by atoms with Crippen LogP contribution in [0.1, 0.15) is 31.1 Å². The molecular weight excluding hydrogens is 294 g/mol. The molecule has 1 atom stereocenters. The molecule has 21 heavy (non-hydrogen) atoms. The van der Waals surface area contributed by atoms with Crippen LogP contribution in [0, 0.1) is 5.92 Å². The minimum Gasteiger partial charge on any atom is -0.478 e. The number of benzene rings is 1. The smallest absolute Gasteiger partial charge is 0.335 e. The first-order valence-corrected chi connectivity index (χ1v) is 8.19. The van der Waals surface area contributed by atoms with E-state index in [0.29, 0.717) is 6.61 Å². The van der Waals surface area contributed by atoms with Crippen molar-refractivity contribution in [1.82, 2.24) is 4.72 Å². The Morgan fingerprint density at radius 1 is 1.38 bits per heavy atom. The van der Waals surface area contributed by atoms with Gasteiger partial charge < -0.3 is 9.84 Å². The van der Waals surface area contributed by atoms with Gasteiger partial charge in [0, 0.05) is 12.6 Å². The van der Waals surface area contributed by atoms with Crippen molar-refractivity contribution in [3.8, 4) is 0 Å². The molecule has 0 spiro atoms. The molecule has 0 radical (unpaired) electrons. The SMILES string of the molecule is CCOCC(NS(=O)(=O)c1cccc(C(=O)O)c1)C(C)C. The monoisotopic (exact) mass is 315 g/mol. The molecule has 1 unspecified atom stereocenters. The number of carbonyl (C=O) groups is 1. The molecule has 6 nitrogen and oxygen atoms in total. The summed E-state index contributed by atoms with van der Waals surface area (Å²) < 4.78 is 32.5. The van der Waals surface area contributed by atoms with Crippen LogP contribution >= 0.6 is 0 Å². The van der Waals surface area contributed by atoms with Gasteiger partial charge in [-0.1, -0.05) is 19.9 Å². The first-order valence-electron chi connectivity index (χ1n) is 6.71. The van der Waals surface area contributed by atoms with E-state index < -0.39 is 16.0 Å². The second-order valence-electron chi connectivity index (χ2n) is 4.96. The van der Waals surface area contributed by atoms with Crippen molar-refractivity contribution in [1.29, 1.82) is 0 Å². The molecular formula is C14H21NO5S. The predicted molar refractivity (Wildman–Crippen MR) is 78.8 cm³/mol. The maximum absolute atomic E-state index is 12.3. The van der Waals surface area contributed by atoms with Gasteiger partial charge in [0.2, 0.25) is 10.0 Å². The maximum Gasteiger partial charge on any atom is 0.335 e. The molecule has 2 N–H and O–H groups in total. The molecule has 7 heteroatoms. The number of carboxylic acid groups (broad SMARTS) is 1. The predicted octanol–water partition coefficient (Wildman–Crippen LogP) is 1.72. The van der Waals surface area contributed by atoms with Crippen LogP contribution in [0.15, 0.2) is 29.2 Å². The minimum atomic E-state index is -3.78. The highest BCUT2D eigenvalue weighted by Gasteiger charge is 2.23. The second-order valence-corrected chi connectivity index (χ2v) is 6.68. The van der Waals surface area contributed by atoms with Crippen LogP contribution in [0.2, 0.25) is 0 Å². The molecule has 0 aromatic heterocycles. The van der Waals surface area contributed by atoms with Crippen molar-refractivity contribution in [2.75, 3.05) is 13.2 Å². The fraction of sp³-hybridized carbons (Fsp3) is 0.500. The molecule has 0 fully saturated rings. The number of ether oxygens (including phenoxy) is 1. The molecule has 0 saturated heterocycles. The van der Waals surface area contributed by atoms with Crippen molar-refractivity contribution in [2.45, 2.75) is 31.7 Å². The van der Waals surface area contributed by atoms with E-state index in [-0.39, 0.29) is 29.0 Å². The summed E-state index contributed by atoms with van der Waals surface area (Å²) in [7, 11) is -3.78. The van der Waals surface area contributed by atoms with Crippen molar-refractivity contribution < 1.29 is 23.1 Å². The van der Waals surface area contributed by atoms with Crippen LogP contribution in [0.5, 0.6) is 0 Å². The third-order valence-electron chi connectivity index (χ3n) is 3.00. The Hall–Kier alpha value is -1.44. The molecule has 1 rings (SSSR count). The normalized spacial score (nSPS) is 13.3. The van der Waals surface area contributed by atoms with E-state index in [1.54, 1.807) is 0 Å². The second kappa shape index (κ2) is 7.53. The summed E-state index contributed by atoms with van der Waals surface area (Å²) in [5, 5.41) is 8.93. The van der Waals surface area contributed by atoms with Gasteiger partial charge in [0.1, 0.15) is 0 Å². The number of rotatable bonds is 8. The Balaban J connectivity index is 2.98. The van der Waals surface area contributed by atoms with Crippen molar-refractivity contribution in [2.24, 2.45) is 5.92 Å². The fourth-order valence-electron chi connectivity index (χ4n) is 1.67. The van der Waals surface area contributed by atoms with Gasteiger partial charge in [0.15, 0.2) is 0 Å². The minimum absolute atomic E-state index is 0.0500. The van der Waals surface area contributed by atoms with Crippen LogP contribution in [-0.4, -0.2) is 38.7 Å². The van der Waals surface area contributed by atoms with Crippen LogP contribution in [-0.2, 0) is 14.8 Å². The third kappa shape index (κ3) is 5.11. The Morgan fingerprint density at radius 2 is 2.05 bits per heavy atom. The van der Waals surface area contributed by atoms with Gasteiger partial charge in [-0.2, -0.15) is 0 Å². The highest BCUT2D eigenvalue weighted by molar-refractivity contribution is 7.89. The van der Waals surface area contributed by atoms with Crippen LogP contribution in [0.4, 0.5) is 0 Å². The number of hydrogen-bond donors (Lipinski definition) is 2. The first-order chi connectivity index (χ1) is 9.77. The zero-order chi connectivity index (χ0) is 16.0. The topological polar surface area (TPSA) is 92.7 Å². The van der Waals surface area contributed by atoms with E-state index in [4.69, 9.17) is 9.84 Å². The average molecular weight is 315 g/mol. The summed E-state index contributed by atoms with van der Waals surface area (Å²) >= 11 is 0. The quantitative estimate of drug-likeness (QED) is 0.762. The average Bonchev–Trinajstić information content (AvgIpc) is 2.43. The van der Waals surface area contributed by atoms with E-state index in [1.807, 2.05) is 20.8 Å². The lowest BCUT2D eigenvalue weighted by Gasteiger charge is -2.22. The molecule has 0 heterocycles. The summed E-state index contributed by atoms with van der Waals surface area (Å²) in [5.74, 6) is -1.12. The number of nitrogens with one attached hydrogen (secondary N) is 1. The molecule has 0 aliphatic carbocycles. The van der Waals surface area contributed by atoms with Crippen molar-refractivity contribution in [3.63, 3.8) is 0 Å². The highest BCUT2D eigenvalue weighted by atomic mass is 32.2. The van der Waals surface area contributed by atoms with E-state index in [9.17, 15) is 13.2 Å². The van der Waals surface area contributed by atoms with Gasteiger partial charge in [-0.15, -0.1) is 0 Å². The molecule has 118 valence electrons. The van der Waals surface area contributed by atoms with Crippen LogP contribution < -0.4 is 4.72 Å². The van der Waals surface area contributed by atoms with Gasteiger partial charge in [-0.25, -0.2) is 17.9 Å². The van der Waals surface area contributed by atoms with Crippen LogP contribution in [0.3, 0.4) is 0 Å².